The fourth-order valence-corrected chi connectivity index (χ4v) is 2.86. The van der Waals surface area contributed by atoms with Crippen LogP contribution in [0.25, 0.3) is 10.9 Å². The number of amides is 1. The largest absolute Gasteiger partial charge is 0.395 e. The monoisotopic (exact) mass is 354 g/mol. The summed E-state index contributed by atoms with van der Waals surface area (Å²) in [5, 5.41) is 10.1. The van der Waals surface area contributed by atoms with E-state index in [0.717, 1.165) is 22.5 Å². The summed E-state index contributed by atoms with van der Waals surface area (Å²) in [5.41, 5.74) is 2.04. The van der Waals surface area contributed by atoms with Crippen molar-refractivity contribution in [2.75, 3.05) is 13.2 Å². The fourth-order valence-electron chi connectivity index (χ4n) is 2.86. The van der Waals surface area contributed by atoms with E-state index < -0.39 is 11.7 Å². The van der Waals surface area contributed by atoms with Gasteiger partial charge in [-0.1, -0.05) is 18.2 Å². The van der Waals surface area contributed by atoms with Crippen molar-refractivity contribution >= 4 is 16.8 Å². The smallest absolute Gasteiger partial charge is 0.254 e. The van der Waals surface area contributed by atoms with Crippen molar-refractivity contribution < 1.29 is 14.3 Å². The van der Waals surface area contributed by atoms with Gasteiger partial charge in [-0.05, 0) is 48.2 Å². The number of H-pyrrole nitrogens is 1. The van der Waals surface area contributed by atoms with Gasteiger partial charge in [-0.2, -0.15) is 0 Å². The summed E-state index contributed by atoms with van der Waals surface area (Å²) in [7, 11) is 0. The summed E-state index contributed by atoms with van der Waals surface area (Å²) in [6, 6.07) is 12.8. The second-order valence-corrected chi connectivity index (χ2v) is 6.18. The molecule has 1 aromatic heterocycles. The van der Waals surface area contributed by atoms with Crippen LogP contribution in [0.4, 0.5) is 4.39 Å². The van der Waals surface area contributed by atoms with Gasteiger partial charge in [0.2, 0.25) is 0 Å². The summed E-state index contributed by atoms with van der Waals surface area (Å²) >= 11 is 0. The molecule has 0 radical (unpaired) electrons. The van der Waals surface area contributed by atoms with E-state index in [1.54, 1.807) is 6.07 Å². The van der Waals surface area contributed by atoms with Crippen LogP contribution in [-0.4, -0.2) is 34.0 Å². The normalized spacial score (nSPS) is 10.9. The van der Waals surface area contributed by atoms with E-state index >= 15 is 0 Å². The molecule has 0 aliphatic heterocycles. The number of pyridine rings is 1. The molecule has 2 aromatic carbocycles. The van der Waals surface area contributed by atoms with Crippen LogP contribution >= 0.6 is 0 Å². The summed E-state index contributed by atoms with van der Waals surface area (Å²) in [6.07, 6.45) is 0. The summed E-state index contributed by atoms with van der Waals surface area (Å²) < 4.78 is 13.4. The maximum Gasteiger partial charge on any atom is 0.254 e. The number of aliphatic hydroxyl groups is 1. The van der Waals surface area contributed by atoms with Gasteiger partial charge in [-0.3, -0.25) is 9.59 Å². The maximum absolute atomic E-state index is 13.4. The quantitative estimate of drug-likeness (QED) is 0.740. The Bertz CT molecular complexity index is 1010. The number of aromatic nitrogens is 1. The van der Waals surface area contributed by atoms with Gasteiger partial charge in [0.05, 0.1) is 13.2 Å². The zero-order valence-corrected chi connectivity index (χ0v) is 14.3. The third-order valence-electron chi connectivity index (χ3n) is 4.17. The number of aromatic amines is 1. The van der Waals surface area contributed by atoms with Crippen LogP contribution in [0.1, 0.15) is 21.5 Å². The summed E-state index contributed by atoms with van der Waals surface area (Å²) in [5.74, 6) is -0.958. The van der Waals surface area contributed by atoms with E-state index in [4.69, 9.17) is 0 Å². The molecule has 0 atom stereocenters. The van der Waals surface area contributed by atoms with Crippen molar-refractivity contribution in [3.63, 3.8) is 0 Å². The number of hydrogen-bond donors (Lipinski definition) is 2. The first-order valence-electron chi connectivity index (χ1n) is 8.26. The molecule has 1 heterocycles. The van der Waals surface area contributed by atoms with Crippen LogP contribution in [0.2, 0.25) is 0 Å². The van der Waals surface area contributed by atoms with E-state index in [1.165, 1.54) is 23.1 Å². The Morgan fingerprint density at radius 2 is 2.00 bits per heavy atom. The van der Waals surface area contributed by atoms with Crippen molar-refractivity contribution in [3.05, 3.63) is 81.4 Å². The first-order valence-corrected chi connectivity index (χ1v) is 8.26. The highest BCUT2D eigenvalue weighted by Gasteiger charge is 2.18. The minimum absolute atomic E-state index is 0.0229. The summed E-state index contributed by atoms with van der Waals surface area (Å²) in [4.78, 5) is 29.2. The highest BCUT2D eigenvalue weighted by Crippen LogP contribution is 2.15. The number of benzene rings is 2. The molecule has 134 valence electrons. The molecular weight excluding hydrogens is 335 g/mol. The Balaban J connectivity index is 1.94. The minimum Gasteiger partial charge on any atom is -0.395 e. The van der Waals surface area contributed by atoms with Crippen molar-refractivity contribution in [2.24, 2.45) is 0 Å². The average Bonchev–Trinajstić information content (AvgIpc) is 2.61. The van der Waals surface area contributed by atoms with E-state index in [-0.39, 0.29) is 30.8 Å². The van der Waals surface area contributed by atoms with E-state index in [2.05, 4.69) is 4.98 Å². The number of carbonyl (C=O) groups is 1. The minimum atomic E-state index is -0.515. The number of aryl methyl sites for hydroxylation is 1. The Labute approximate surface area is 149 Å². The Morgan fingerprint density at radius 3 is 2.73 bits per heavy atom. The fraction of sp³-hybridized carbons (Fsp3) is 0.200. The van der Waals surface area contributed by atoms with Gasteiger partial charge < -0.3 is 15.0 Å². The van der Waals surface area contributed by atoms with Gasteiger partial charge in [0, 0.05) is 23.2 Å². The van der Waals surface area contributed by atoms with Crippen molar-refractivity contribution in [3.8, 4) is 0 Å². The molecule has 0 aliphatic carbocycles. The van der Waals surface area contributed by atoms with E-state index in [9.17, 15) is 19.1 Å². The van der Waals surface area contributed by atoms with Crippen LogP contribution in [-0.2, 0) is 6.54 Å². The van der Waals surface area contributed by atoms with Crippen LogP contribution in [0, 0.1) is 12.7 Å². The Morgan fingerprint density at radius 1 is 1.19 bits per heavy atom. The molecule has 1 amide bonds. The molecule has 5 nitrogen and oxygen atoms in total. The van der Waals surface area contributed by atoms with Gasteiger partial charge in [0.15, 0.2) is 0 Å². The molecule has 0 bridgehead atoms. The number of rotatable bonds is 5. The Kier molecular flexibility index (Phi) is 5.14. The second kappa shape index (κ2) is 7.49. The number of nitrogens with one attached hydrogen (secondary N) is 1. The van der Waals surface area contributed by atoms with E-state index in [0.29, 0.717) is 5.56 Å². The number of carbonyl (C=O) groups excluding carboxylic acids is 1. The highest BCUT2D eigenvalue weighted by molar-refractivity contribution is 5.94. The average molecular weight is 354 g/mol. The molecule has 0 saturated heterocycles. The van der Waals surface area contributed by atoms with Crippen molar-refractivity contribution in [1.29, 1.82) is 0 Å². The number of hydrogen-bond acceptors (Lipinski definition) is 3. The maximum atomic E-state index is 13.4. The second-order valence-electron chi connectivity index (χ2n) is 6.18. The third-order valence-corrected chi connectivity index (χ3v) is 4.17. The third kappa shape index (κ3) is 3.81. The SMILES string of the molecule is Cc1ccc2cc(CN(CCO)C(=O)c3cccc(F)c3)c(=O)[nH]c2c1. The zero-order chi connectivity index (χ0) is 18.7. The Hall–Kier alpha value is -2.99. The lowest BCUT2D eigenvalue weighted by Gasteiger charge is -2.22. The summed E-state index contributed by atoms with van der Waals surface area (Å²) in [6.45, 7) is 1.74. The van der Waals surface area contributed by atoms with Crippen LogP contribution < -0.4 is 5.56 Å². The zero-order valence-electron chi connectivity index (χ0n) is 14.3. The molecule has 0 unspecified atom stereocenters. The number of aliphatic hydroxyl groups excluding tert-OH is 1. The van der Waals surface area contributed by atoms with Gasteiger partial charge in [-0.25, -0.2) is 4.39 Å². The number of halogens is 1. The van der Waals surface area contributed by atoms with Gasteiger partial charge in [-0.15, -0.1) is 0 Å². The predicted octanol–water partition coefficient (Wildman–Crippen LogP) is 2.61. The lowest BCUT2D eigenvalue weighted by atomic mass is 10.1. The van der Waals surface area contributed by atoms with Crippen molar-refractivity contribution in [1.82, 2.24) is 9.88 Å². The number of fused-ring (bicyclic) bond motifs is 1. The number of nitrogens with zero attached hydrogens (tertiary/aromatic N) is 1. The van der Waals surface area contributed by atoms with Crippen LogP contribution in [0.15, 0.2) is 53.3 Å². The molecule has 0 aliphatic rings. The topological polar surface area (TPSA) is 73.4 Å². The first kappa shape index (κ1) is 17.8. The predicted molar refractivity (Wildman–Crippen MR) is 97.5 cm³/mol. The van der Waals surface area contributed by atoms with Crippen LogP contribution in [0.3, 0.4) is 0 Å². The molecule has 3 rings (SSSR count). The lowest BCUT2D eigenvalue weighted by Crippen LogP contribution is -2.35. The van der Waals surface area contributed by atoms with Gasteiger partial charge >= 0.3 is 0 Å². The first-order chi connectivity index (χ1) is 12.5. The standard InChI is InChI=1S/C20H19FN2O3/c1-13-5-6-14-10-16(19(25)22-18(14)9-13)12-23(7-8-24)20(26)15-3-2-4-17(21)11-15/h2-6,9-11,24H,7-8,12H2,1H3,(H,22,25). The molecule has 2 N–H and O–H groups in total. The van der Waals surface area contributed by atoms with Crippen LogP contribution in [0.5, 0.6) is 0 Å². The molecule has 0 spiro atoms. The molecular formula is C20H19FN2O3. The lowest BCUT2D eigenvalue weighted by molar-refractivity contribution is 0.0706. The van der Waals surface area contributed by atoms with Gasteiger partial charge in [0.1, 0.15) is 5.82 Å². The molecule has 0 fully saturated rings. The van der Waals surface area contributed by atoms with E-state index in [1.807, 2.05) is 25.1 Å². The molecule has 6 heteroatoms. The molecule has 0 saturated carbocycles. The van der Waals surface area contributed by atoms with Crippen molar-refractivity contribution in [2.45, 2.75) is 13.5 Å². The molecule has 26 heavy (non-hydrogen) atoms. The highest BCUT2D eigenvalue weighted by atomic mass is 19.1. The van der Waals surface area contributed by atoms with Gasteiger partial charge in [0.25, 0.3) is 11.5 Å². The molecule has 3 aromatic rings.